The molecule has 0 bridgehead atoms. The van der Waals surface area contributed by atoms with Crippen molar-refractivity contribution < 1.29 is 4.42 Å². The standard InChI is InChI=1S/C46H44ClNO/c1-3-38-39(35-23-19-33(20-24-35)31-12-6-4-7-13-31)27-18-30(2)44(42-29-37(47)28-41-40-16-10-11-17-43(40)49-46(41)42)48-45(38)36-25-21-34(22-26-36)32-14-8-5-9-15-32/h4-12,14-17,19-26,28-31,38-39,44-45,48H,3,13,18,27H2,1-2H3/t30?,31?,38-,39?,44?,45?/m0/s1. The molecule has 5 unspecified atom stereocenters. The van der Waals surface area contributed by atoms with Gasteiger partial charge in [0.25, 0.3) is 0 Å². The fourth-order valence-corrected chi connectivity index (χ4v) is 8.82. The number of rotatable bonds is 6. The van der Waals surface area contributed by atoms with Crippen LogP contribution in [-0.4, -0.2) is 0 Å². The zero-order chi connectivity index (χ0) is 33.3. The molecule has 1 N–H and O–H groups in total. The maximum atomic E-state index is 6.90. The van der Waals surface area contributed by atoms with E-state index in [1.165, 1.54) is 27.8 Å². The molecule has 1 fully saturated rings. The molecule has 2 heterocycles. The van der Waals surface area contributed by atoms with Crippen LogP contribution in [0.5, 0.6) is 0 Å². The first-order valence-electron chi connectivity index (χ1n) is 18.0. The largest absolute Gasteiger partial charge is 0.456 e. The van der Waals surface area contributed by atoms with Crippen molar-refractivity contribution in [1.29, 1.82) is 0 Å². The van der Waals surface area contributed by atoms with Crippen LogP contribution in [0.3, 0.4) is 0 Å². The minimum absolute atomic E-state index is 0.0732. The predicted molar refractivity (Wildman–Crippen MR) is 206 cm³/mol. The van der Waals surface area contributed by atoms with Crippen LogP contribution in [0.15, 0.2) is 144 Å². The summed E-state index contributed by atoms with van der Waals surface area (Å²) in [6.07, 6.45) is 13.3. The van der Waals surface area contributed by atoms with E-state index < -0.39 is 0 Å². The Bertz CT molecular complexity index is 2110. The maximum absolute atomic E-state index is 6.90. The van der Waals surface area contributed by atoms with E-state index in [9.17, 15) is 0 Å². The highest BCUT2D eigenvalue weighted by Crippen LogP contribution is 2.47. The van der Waals surface area contributed by atoms with E-state index in [1.807, 2.05) is 6.07 Å². The summed E-state index contributed by atoms with van der Waals surface area (Å²) in [6.45, 7) is 4.77. The van der Waals surface area contributed by atoms with Gasteiger partial charge in [0.15, 0.2) is 0 Å². The third-order valence-electron chi connectivity index (χ3n) is 11.2. The van der Waals surface area contributed by atoms with Crippen molar-refractivity contribution in [2.24, 2.45) is 11.8 Å². The molecule has 5 aromatic carbocycles. The first kappa shape index (κ1) is 31.9. The summed E-state index contributed by atoms with van der Waals surface area (Å²) in [6, 6.07) is 42.3. The molecule has 0 radical (unpaired) electrons. The molecule has 49 heavy (non-hydrogen) atoms. The fraction of sp³-hybridized carbons (Fsp3) is 0.261. The van der Waals surface area contributed by atoms with Crippen LogP contribution in [0.1, 0.15) is 85.7 Å². The van der Waals surface area contributed by atoms with E-state index in [1.54, 1.807) is 0 Å². The van der Waals surface area contributed by atoms with Crippen molar-refractivity contribution in [2.45, 2.75) is 63.5 Å². The zero-order valence-corrected chi connectivity index (χ0v) is 29.1. The Morgan fingerprint density at radius 3 is 2.18 bits per heavy atom. The molecular formula is C46H44ClNO. The molecule has 2 nitrogen and oxygen atoms in total. The lowest BCUT2D eigenvalue weighted by Crippen LogP contribution is -2.39. The Balaban J connectivity index is 1.21. The highest BCUT2D eigenvalue weighted by Gasteiger charge is 2.37. The molecule has 6 aromatic rings. The number of furan rings is 1. The molecular weight excluding hydrogens is 618 g/mol. The molecule has 3 heteroatoms. The molecule has 6 atom stereocenters. The van der Waals surface area contributed by atoms with E-state index in [-0.39, 0.29) is 12.1 Å². The molecule has 8 rings (SSSR count). The van der Waals surface area contributed by atoms with Crippen molar-refractivity contribution >= 4 is 33.5 Å². The summed E-state index contributed by atoms with van der Waals surface area (Å²) < 4.78 is 6.62. The first-order chi connectivity index (χ1) is 24.1. The molecule has 1 aliphatic heterocycles. The van der Waals surface area contributed by atoms with Gasteiger partial charge in [-0.2, -0.15) is 0 Å². The Kier molecular flexibility index (Phi) is 9.02. The molecule has 1 aliphatic carbocycles. The van der Waals surface area contributed by atoms with Crippen LogP contribution in [0.2, 0.25) is 5.02 Å². The smallest absolute Gasteiger partial charge is 0.140 e. The van der Waals surface area contributed by atoms with Crippen molar-refractivity contribution in [1.82, 2.24) is 5.32 Å². The van der Waals surface area contributed by atoms with Crippen LogP contribution < -0.4 is 5.32 Å². The average molecular weight is 662 g/mol. The number of halogens is 1. The van der Waals surface area contributed by atoms with Gasteiger partial charge in [0, 0.05) is 39.4 Å². The third-order valence-corrected chi connectivity index (χ3v) is 11.5. The Morgan fingerprint density at radius 1 is 0.714 bits per heavy atom. The third kappa shape index (κ3) is 6.29. The lowest BCUT2D eigenvalue weighted by Gasteiger charge is -2.42. The Hall–Kier alpha value is -4.37. The van der Waals surface area contributed by atoms with Gasteiger partial charge in [0.05, 0.1) is 0 Å². The van der Waals surface area contributed by atoms with Crippen molar-refractivity contribution in [3.8, 4) is 11.1 Å². The van der Waals surface area contributed by atoms with Crippen molar-refractivity contribution in [3.05, 3.63) is 167 Å². The van der Waals surface area contributed by atoms with Crippen LogP contribution >= 0.6 is 11.6 Å². The van der Waals surface area contributed by atoms with Gasteiger partial charge in [-0.1, -0.05) is 153 Å². The maximum Gasteiger partial charge on any atom is 0.140 e. The minimum atomic E-state index is 0.0732. The topological polar surface area (TPSA) is 25.2 Å². The molecule has 2 aliphatic rings. The van der Waals surface area contributed by atoms with Gasteiger partial charge in [-0.15, -0.1) is 0 Å². The fourth-order valence-electron chi connectivity index (χ4n) is 8.59. The van der Waals surface area contributed by atoms with Crippen LogP contribution in [0.25, 0.3) is 33.1 Å². The van der Waals surface area contributed by atoms with Gasteiger partial charge >= 0.3 is 0 Å². The first-order valence-corrected chi connectivity index (χ1v) is 18.4. The van der Waals surface area contributed by atoms with Gasteiger partial charge in [-0.3, -0.25) is 0 Å². The Morgan fingerprint density at radius 2 is 1.43 bits per heavy atom. The molecule has 0 amide bonds. The second-order valence-corrected chi connectivity index (χ2v) is 14.6. The summed E-state index contributed by atoms with van der Waals surface area (Å²) >= 11 is 6.90. The second kappa shape index (κ2) is 13.9. The summed E-state index contributed by atoms with van der Waals surface area (Å²) in [5.74, 6) is 1.65. The summed E-state index contributed by atoms with van der Waals surface area (Å²) in [5, 5.41) is 7.24. The van der Waals surface area contributed by atoms with Gasteiger partial charge in [-0.25, -0.2) is 0 Å². The van der Waals surface area contributed by atoms with Crippen LogP contribution in [-0.2, 0) is 0 Å². The quantitative estimate of drug-likeness (QED) is 0.192. The number of para-hydroxylation sites is 1. The molecule has 1 aromatic heterocycles. The summed E-state index contributed by atoms with van der Waals surface area (Å²) in [7, 11) is 0. The second-order valence-electron chi connectivity index (χ2n) is 14.1. The minimum Gasteiger partial charge on any atom is -0.456 e. The Labute approximate surface area is 295 Å². The van der Waals surface area contributed by atoms with Crippen molar-refractivity contribution in [3.63, 3.8) is 0 Å². The predicted octanol–water partition coefficient (Wildman–Crippen LogP) is 13.1. The lowest BCUT2D eigenvalue weighted by molar-refractivity contribution is 0.196. The number of hydrogen-bond donors (Lipinski definition) is 1. The molecule has 246 valence electrons. The van der Waals surface area contributed by atoms with E-state index in [4.69, 9.17) is 16.0 Å². The molecule has 0 saturated carbocycles. The highest BCUT2D eigenvalue weighted by molar-refractivity contribution is 6.32. The number of benzene rings is 5. The monoisotopic (exact) mass is 661 g/mol. The van der Waals surface area contributed by atoms with E-state index >= 15 is 0 Å². The SMILES string of the molecule is CC[C@H]1C(c2ccc(C3C=CC=CC3)cc2)CCC(C)C(c2cc(Cl)cc3c2oc2ccccc23)NC1c1ccc(-c2ccccc2)cc1. The van der Waals surface area contributed by atoms with E-state index in [0.717, 1.165) is 58.2 Å². The van der Waals surface area contributed by atoms with Crippen molar-refractivity contribution in [2.75, 3.05) is 0 Å². The molecule has 0 spiro atoms. The summed E-state index contributed by atoms with van der Waals surface area (Å²) in [5.41, 5.74) is 9.67. The van der Waals surface area contributed by atoms with Gasteiger partial charge in [-0.05, 0) is 83.0 Å². The van der Waals surface area contributed by atoms with E-state index in [0.29, 0.717) is 23.7 Å². The number of nitrogens with one attached hydrogen (secondary N) is 1. The van der Waals surface area contributed by atoms with Crippen LogP contribution in [0.4, 0.5) is 0 Å². The lowest BCUT2D eigenvalue weighted by atomic mass is 9.71. The van der Waals surface area contributed by atoms with Gasteiger partial charge in [0.1, 0.15) is 11.2 Å². The van der Waals surface area contributed by atoms with E-state index in [2.05, 4.69) is 153 Å². The average Bonchev–Trinajstić information content (AvgIpc) is 3.52. The zero-order valence-electron chi connectivity index (χ0n) is 28.4. The normalized spacial score (nSPS) is 24.2. The van der Waals surface area contributed by atoms with Gasteiger partial charge < -0.3 is 9.73 Å². The molecule has 1 saturated heterocycles. The number of fused-ring (bicyclic) bond motifs is 3. The van der Waals surface area contributed by atoms with Crippen LogP contribution in [0, 0.1) is 11.8 Å². The highest BCUT2D eigenvalue weighted by atomic mass is 35.5. The van der Waals surface area contributed by atoms with Gasteiger partial charge in [0.2, 0.25) is 0 Å². The summed E-state index contributed by atoms with van der Waals surface area (Å²) in [4.78, 5) is 0. The number of allylic oxidation sites excluding steroid dienone is 4. The number of hydrogen-bond acceptors (Lipinski definition) is 2.